The maximum Gasteiger partial charge on any atom is 0.174 e. The Morgan fingerprint density at radius 3 is 2.43 bits per heavy atom. The van der Waals surface area contributed by atoms with E-state index in [0.29, 0.717) is 17.1 Å². The SMILES string of the molecule is Cc1cc(C(=O)CC(=O)c2c(Cl)ccc(F)c2Cl)c(C)o1. The van der Waals surface area contributed by atoms with Crippen LogP contribution in [0, 0.1) is 19.7 Å². The quantitative estimate of drug-likeness (QED) is 0.460. The van der Waals surface area contributed by atoms with E-state index in [1.807, 2.05) is 0 Å². The maximum atomic E-state index is 13.4. The van der Waals surface area contributed by atoms with Gasteiger partial charge in [-0.05, 0) is 32.0 Å². The lowest BCUT2D eigenvalue weighted by atomic mass is 10.0. The van der Waals surface area contributed by atoms with E-state index >= 15 is 0 Å². The zero-order valence-electron chi connectivity index (χ0n) is 11.3. The molecule has 0 amide bonds. The molecule has 3 nitrogen and oxygen atoms in total. The Hall–Kier alpha value is -1.65. The molecule has 0 radical (unpaired) electrons. The fourth-order valence-corrected chi connectivity index (χ4v) is 2.60. The molecular formula is C15H11Cl2FO3. The minimum atomic E-state index is -0.757. The number of carbonyl (C=O) groups excluding carboxylic acids is 2. The molecular weight excluding hydrogens is 318 g/mol. The molecule has 0 spiro atoms. The van der Waals surface area contributed by atoms with E-state index in [9.17, 15) is 14.0 Å². The van der Waals surface area contributed by atoms with Crippen molar-refractivity contribution in [1.82, 2.24) is 0 Å². The van der Waals surface area contributed by atoms with Crippen LogP contribution in [0.5, 0.6) is 0 Å². The number of ketones is 2. The molecule has 0 fully saturated rings. The first-order chi connectivity index (χ1) is 9.81. The van der Waals surface area contributed by atoms with E-state index in [1.54, 1.807) is 19.9 Å². The molecule has 0 bridgehead atoms. The van der Waals surface area contributed by atoms with Gasteiger partial charge in [0.2, 0.25) is 0 Å². The van der Waals surface area contributed by atoms with Gasteiger partial charge >= 0.3 is 0 Å². The van der Waals surface area contributed by atoms with Crippen LogP contribution >= 0.6 is 23.2 Å². The summed E-state index contributed by atoms with van der Waals surface area (Å²) in [7, 11) is 0. The van der Waals surface area contributed by atoms with Crippen LogP contribution in [0.3, 0.4) is 0 Å². The molecule has 0 aliphatic rings. The van der Waals surface area contributed by atoms with Gasteiger partial charge in [0.1, 0.15) is 17.3 Å². The van der Waals surface area contributed by atoms with Crippen LogP contribution in [0.4, 0.5) is 4.39 Å². The predicted octanol–water partition coefficient (Wildman–Crippen LogP) is 4.80. The minimum Gasteiger partial charge on any atom is -0.466 e. The van der Waals surface area contributed by atoms with Crippen LogP contribution in [0.1, 0.15) is 38.7 Å². The highest BCUT2D eigenvalue weighted by Gasteiger charge is 2.23. The maximum absolute atomic E-state index is 13.4. The molecule has 0 saturated heterocycles. The number of hydrogen-bond donors (Lipinski definition) is 0. The first kappa shape index (κ1) is 15.7. The Morgan fingerprint density at radius 2 is 1.86 bits per heavy atom. The lowest BCUT2D eigenvalue weighted by Gasteiger charge is -2.06. The standard InChI is InChI=1S/C15H11Cl2FO3/c1-7-5-9(8(2)21-7)12(19)6-13(20)14-10(16)3-4-11(18)15(14)17/h3-5H,6H2,1-2H3. The molecule has 110 valence electrons. The molecule has 2 rings (SSSR count). The van der Waals surface area contributed by atoms with E-state index in [0.717, 1.165) is 6.07 Å². The van der Waals surface area contributed by atoms with Crippen molar-refractivity contribution in [2.24, 2.45) is 0 Å². The summed E-state index contributed by atoms with van der Waals surface area (Å²) in [6.07, 6.45) is -0.456. The van der Waals surface area contributed by atoms with E-state index in [1.165, 1.54) is 6.07 Å². The van der Waals surface area contributed by atoms with Gasteiger partial charge in [0.25, 0.3) is 0 Å². The summed E-state index contributed by atoms with van der Waals surface area (Å²) in [5.74, 6) is -0.808. The second kappa shape index (κ2) is 6.00. The lowest BCUT2D eigenvalue weighted by Crippen LogP contribution is -2.10. The Bertz CT molecular complexity index is 735. The topological polar surface area (TPSA) is 47.3 Å². The molecule has 0 atom stereocenters. The number of Topliss-reactive ketones (excluding diaryl/α,β-unsaturated/α-hetero) is 2. The molecule has 0 aliphatic heterocycles. The average molecular weight is 329 g/mol. The number of benzene rings is 1. The number of hydrogen-bond acceptors (Lipinski definition) is 3. The molecule has 1 aromatic heterocycles. The first-order valence-electron chi connectivity index (χ1n) is 6.08. The monoisotopic (exact) mass is 328 g/mol. The van der Waals surface area contributed by atoms with Gasteiger partial charge in [-0.1, -0.05) is 23.2 Å². The predicted molar refractivity (Wildman–Crippen MR) is 77.9 cm³/mol. The fraction of sp³-hybridized carbons (Fsp3) is 0.200. The van der Waals surface area contributed by atoms with E-state index in [-0.39, 0.29) is 15.6 Å². The summed E-state index contributed by atoms with van der Waals surface area (Å²) < 4.78 is 18.6. The van der Waals surface area contributed by atoms with Gasteiger partial charge in [0.15, 0.2) is 11.6 Å². The van der Waals surface area contributed by atoms with Crippen molar-refractivity contribution in [1.29, 1.82) is 0 Å². The van der Waals surface area contributed by atoms with Crippen molar-refractivity contribution in [2.75, 3.05) is 0 Å². The Morgan fingerprint density at radius 1 is 1.19 bits per heavy atom. The van der Waals surface area contributed by atoms with Crippen LogP contribution in [-0.4, -0.2) is 11.6 Å². The second-order valence-corrected chi connectivity index (χ2v) is 5.35. The highest BCUT2D eigenvalue weighted by molar-refractivity contribution is 6.40. The summed E-state index contributed by atoms with van der Waals surface area (Å²) in [6.45, 7) is 3.33. The van der Waals surface area contributed by atoms with Crippen LogP contribution in [0.15, 0.2) is 22.6 Å². The van der Waals surface area contributed by atoms with Gasteiger partial charge in [-0.2, -0.15) is 0 Å². The third-order valence-corrected chi connectivity index (χ3v) is 3.67. The van der Waals surface area contributed by atoms with Gasteiger partial charge in [-0.25, -0.2) is 4.39 Å². The summed E-state index contributed by atoms with van der Waals surface area (Å²) in [5, 5.41) is -0.361. The van der Waals surface area contributed by atoms with Crippen LogP contribution in [0.25, 0.3) is 0 Å². The minimum absolute atomic E-state index is 0.0132. The van der Waals surface area contributed by atoms with Crippen LogP contribution < -0.4 is 0 Å². The summed E-state index contributed by atoms with van der Waals surface area (Å²) in [5.41, 5.74) is 0.147. The highest BCUT2D eigenvalue weighted by atomic mass is 35.5. The van der Waals surface area contributed by atoms with Crippen molar-refractivity contribution in [3.8, 4) is 0 Å². The molecule has 2 aromatic rings. The summed E-state index contributed by atoms with van der Waals surface area (Å²) >= 11 is 11.6. The van der Waals surface area contributed by atoms with E-state index in [4.69, 9.17) is 27.6 Å². The van der Waals surface area contributed by atoms with Crippen LogP contribution in [0.2, 0.25) is 10.0 Å². The normalized spacial score (nSPS) is 10.7. The summed E-state index contributed by atoms with van der Waals surface area (Å²) in [6, 6.07) is 3.85. The number of rotatable bonds is 4. The fourth-order valence-electron chi connectivity index (χ4n) is 2.02. The van der Waals surface area contributed by atoms with Crippen molar-refractivity contribution in [3.05, 3.63) is 56.7 Å². The molecule has 0 N–H and O–H groups in total. The third kappa shape index (κ3) is 3.17. The number of aryl methyl sites for hydroxylation is 2. The number of carbonyl (C=O) groups is 2. The Kier molecular flexibility index (Phi) is 4.49. The second-order valence-electron chi connectivity index (χ2n) is 4.57. The third-order valence-electron chi connectivity index (χ3n) is 2.99. The molecule has 1 heterocycles. The largest absolute Gasteiger partial charge is 0.466 e. The average Bonchev–Trinajstić information content (AvgIpc) is 2.73. The van der Waals surface area contributed by atoms with Crippen molar-refractivity contribution < 1.29 is 18.4 Å². The summed E-state index contributed by atoms with van der Waals surface area (Å²) in [4.78, 5) is 24.3. The molecule has 21 heavy (non-hydrogen) atoms. The molecule has 0 aliphatic carbocycles. The van der Waals surface area contributed by atoms with Gasteiger partial charge in [-0.15, -0.1) is 0 Å². The van der Waals surface area contributed by atoms with Crippen molar-refractivity contribution in [2.45, 2.75) is 20.3 Å². The molecule has 1 aromatic carbocycles. The number of furan rings is 1. The molecule has 0 saturated carbocycles. The van der Waals surface area contributed by atoms with Crippen LogP contribution in [-0.2, 0) is 0 Å². The molecule has 0 unspecified atom stereocenters. The molecule has 6 heteroatoms. The van der Waals surface area contributed by atoms with E-state index in [2.05, 4.69) is 0 Å². The Labute approximate surface area is 130 Å². The van der Waals surface area contributed by atoms with Gasteiger partial charge in [0, 0.05) is 0 Å². The van der Waals surface area contributed by atoms with Gasteiger partial charge < -0.3 is 4.42 Å². The lowest BCUT2D eigenvalue weighted by molar-refractivity contribution is 0.0893. The van der Waals surface area contributed by atoms with E-state index < -0.39 is 23.8 Å². The Balaban J connectivity index is 2.29. The van der Waals surface area contributed by atoms with Crippen molar-refractivity contribution in [3.63, 3.8) is 0 Å². The zero-order valence-corrected chi connectivity index (χ0v) is 12.8. The van der Waals surface area contributed by atoms with Gasteiger partial charge in [-0.3, -0.25) is 9.59 Å². The van der Waals surface area contributed by atoms with Crippen molar-refractivity contribution >= 4 is 34.8 Å². The van der Waals surface area contributed by atoms with Gasteiger partial charge in [0.05, 0.1) is 27.6 Å². The highest BCUT2D eigenvalue weighted by Crippen LogP contribution is 2.29. The number of halogens is 3. The smallest absolute Gasteiger partial charge is 0.174 e. The zero-order chi connectivity index (χ0) is 15.7. The first-order valence-corrected chi connectivity index (χ1v) is 6.83.